The predicted molar refractivity (Wildman–Crippen MR) is 71.5 cm³/mol. The number of rotatable bonds is 5. The number of anilines is 1. The number of carbonyl (C=O) groups excluding carboxylic acids is 1. The van der Waals surface area contributed by atoms with E-state index in [1.165, 1.54) is 23.1 Å². The Morgan fingerprint density at radius 2 is 1.81 bits per heavy atom. The highest BCUT2D eigenvalue weighted by Gasteiger charge is 2.47. The summed E-state index contributed by atoms with van der Waals surface area (Å²) in [5, 5.41) is 2.55. The zero-order valence-electron chi connectivity index (χ0n) is 11.4. The van der Waals surface area contributed by atoms with Gasteiger partial charge in [0, 0.05) is 27.1 Å². The van der Waals surface area contributed by atoms with Gasteiger partial charge in [-0.3, -0.25) is 4.79 Å². The number of benzene rings is 1. The third-order valence-corrected chi connectivity index (χ3v) is 4.18. The second-order valence-electron chi connectivity index (χ2n) is 4.41. The van der Waals surface area contributed by atoms with Gasteiger partial charge in [-0.05, 0) is 12.1 Å². The largest absolute Gasteiger partial charge is 0.501 e. The van der Waals surface area contributed by atoms with Crippen molar-refractivity contribution in [3.63, 3.8) is 0 Å². The second-order valence-corrected chi connectivity index (χ2v) is 6.32. The van der Waals surface area contributed by atoms with E-state index in [2.05, 4.69) is 5.32 Å². The molecule has 21 heavy (non-hydrogen) atoms. The molecule has 0 fully saturated rings. The summed E-state index contributed by atoms with van der Waals surface area (Å²) in [6, 6.07) is 4.71. The van der Waals surface area contributed by atoms with Gasteiger partial charge >= 0.3 is 5.51 Å². The van der Waals surface area contributed by atoms with Crippen molar-refractivity contribution in [1.82, 2.24) is 4.90 Å². The number of amides is 1. The average Bonchev–Trinajstić information content (AvgIpc) is 2.37. The van der Waals surface area contributed by atoms with E-state index in [4.69, 9.17) is 0 Å². The maximum Gasteiger partial charge on any atom is 0.501 e. The third kappa shape index (κ3) is 4.10. The summed E-state index contributed by atoms with van der Waals surface area (Å²) >= 11 is 0. The normalized spacial score (nSPS) is 12.0. The van der Waals surface area contributed by atoms with Crippen molar-refractivity contribution in [2.24, 2.45) is 0 Å². The van der Waals surface area contributed by atoms with E-state index in [1.807, 2.05) is 0 Å². The molecular formula is C12H15F3N2O3S. The predicted octanol–water partition coefficient (Wildman–Crippen LogP) is 1.87. The van der Waals surface area contributed by atoms with Gasteiger partial charge in [0.25, 0.3) is 9.84 Å². The second kappa shape index (κ2) is 6.33. The molecule has 0 aliphatic carbocycles. The SMILES string of the molecule is CN(C)C(=O)CCNc1ccccc1S(=O)(=O)C(F)(F)F. The van der Waals surface area contributed by atoms with Crippen LogP contribution in [0.1, 0.15) is 6.42 Å². The number of sulfone groups is 1. The molecule has 1 amide bonds. The van der Waals surface area contributed by atoms with Gasteiger partial charge in [0.05, 0.1) is 10.6 Å². The molecule has 118 valence electrons. The van der Waals surface area contributed by atoms with Crippen LogP contribution in [0.2, 0.25) is 0 Å². The van der Waals surface area contributed by atoms with Gasteiger partial charge in [-0.25, -0.2) is 8.42 Å². The summed E-state index contributed by atoms with van der Waals surface area (Å²) in [5.41, 5.74) is -5.55. The highest BCUT2D eigenvalue weighted by Crippen LogP contribution is 2.34. The van der Waals surface area contributed by atoms with Crippen LogP contribution in [0.4, 0.5) is 18.9 Å². The van der Waals surface area contributed by atoms with E-state index in [0.717, 1.165) is 6.07 Å². The molecule has 0 saturated heterocycles. The average molecular weight is 324 g/mol. The standard InChI is InChI=1S/C12H15F3N2O3S/c1-17(2)11(18)7-8-16-9-5-3-4-6-10(9)21(19,20)12(13,14)15/h3-6,16H,7-8H2,1-2H3. The molecule has 5 nitrogen and oxygen atoms in total. The van der Waals surface area contributed by atoms with Gasteiger partial charge in [-0.2, -0.15) is 13.2 Å². The highest BCUT2D eigenvalue weighted by atomic mass is 32.2. The van der Waals surface area contributed by atoms with Gasteiger partial charge in [0.2, 0.25) is 5.91 Å². The fourth-order valence-corrected chi connectivity index (χ4v) is 2.44. The van der Waals surface area contributed by atoms with Crippen LogP contribution in [0.15, 0.2) is 29.2 Å². The number of alkyl halides is 3. The highest BCUT2D eigenvalue weighted by molar-refractivity contribution is 7.92. The molecule has 0 unspecified atom stereocenters. The van der Waals surface area contributed by atoms with Gasteiger partial charge in [0.1, 0.15) is 0 Å². The van der Waals surface area contributed by atoms with Crippen molar-refractivity contribution in [3.05, 3.63) is 24.3 Å². The van der Waals surface area contributed by atoms with Crippen LogP contribution in [-0.2, 0) is 14.6 Å². The summed E-state index contributed by atoms with van der Waals surface area (Å²) < 4.78 is 60.6. The number of hydrogen-bond acceptors (Lipinski definition) is 4. The summed E-state index contributed by atoms with van der Waals surface area (Å²) in [5.74, 6) is -0.223. The number of hydrogen-bond donors (Lipinski definition) is 1. The van der Waals surface area contributed by atoms with Crippen LogP contribution in [0.3, 0.4) is 0 Å². The van der Waals surface area contributed by atoms with Crippen LogP contribution in [0.25, 0.3) is 0 Å². The molecule has 0 bridgehead atoms. The first-order valence-electron chi connectivity index (χ1n) is 5.92. The lowest BCUT2D eigenvalue weighted by atomic mass is 10.3. The van der Waals surface area contributed by atoms with Crippen LogP contribution >= 0.6 is 0 Å². The van der Waals surface area contributed by atoms with Crippen molar-refractivity contribution in [2.45, 2.75) is 16.8 Å². The number of halogens is 3. The maximum absolute atomic E-state index is 12.6. The molecule has 0 aliphatic heterocycles. The zero-order chi connectivity index (χ0) is 16.3. The van der Waals surface area contributed by atoms with Crippen LogP contribution in [0.5, 0.6) is 0 Å². The molecular weight excluding hydrogens is 309 g/mol. The molecule has 9 heteroatoms. The van der Waals surface area contributed by atoms with Crippen molar-refractivity contribution >= 4 is 21.4 Å². The van der Waals surface area contributed by atoms with Crippen molar-refractivity contribution in [2.75, 3.05) is 26.0 Å². The maximum atomic E-state index is 12.6. The van der Waals surface area contributed by atoms with Gasteiger partial charge in [-0.1, -0.05) is 12.1 Å². The Balaban J connectivity index is 2.94. The molecule has 0 aromatic heterocycles. The number of nitrogens with one attached hydrogen (secondary N) is 1. The quantitative estimate of drug-likeness (QED) is 0.898. The van der Waals surface area contributed by atoms with E-state index in [0.29, 0.717) is 0 Å². The first kappa shape index (κ1) is 17.3. The van der Waals surface area contributed by atoms with Crippen molar-refractivity contribution in [3.8, 4) is 0 Å². The molecule has 0 spiro atoms. The Morgan fingerprint density at radius 3 is 2.33 bits per heavy atom. The minimum atomic E-state index is -5.43. The van der Waals surface area contributed by atoms with E-state index in [1.54, 1.807) is 14.1 Å². The van der Waals surface area contributed by atoms with Crippen molar-refractivity contribution < 1.29 is 26.4 Å². The lowest BCUT2D eigenvalue weighted by Crippen LogP contribution is -2.26. The fraction of sp³-hybridized carbons (Fsp3) is 0.417. The van der Waals surface area contributed by atoms with Crippen molar-refractivity contribution in [1.29, 1.82) is 0 Å². The Bertz CT molecular complexity index is 612. The Hall–Kier alpha value is -1.77. The van der Waals surface area contributed by atoms with Gasteiger partial charge in [-0.15, -0.1) is 0 Å². The molecule has 1 aromatic rings. The van der Waals surface area contributed by atoms with Crippen LogP contribution in [-0.4, -0.2) is 45.4 Å². The monoisotopic (exact) mass is 324 g/mol. The topological polar surface area (TPSA) is 66.5 Å². The van der Waals surface area contributed by atoms with E-state index >= 15 is 0 Å². The fourth-order valence-electron chi connectivity index (χ4n) is 1.50. The minimum Gasteiger partial charge on any atom is -0.383 e. The Morgan fingerprint density at radius 1 is 1.24 bits per heavy atom. The molecule has 0 radical (unpaired) electrons. The van der Waals surface area contributed by atoms with Gasteiger partial charge in [0.15, 0.2) is 0 Å². The number of para-hydroxylation sites is 1. The summed E-state index contributed by atoms with van der Waals surface area (Å²) in [6.07, 6.45) is 0.0351. The molecule has 0 heterocycles. The lowest BCUT2D eigenvalue weighted by Gasteiger charge is -2.15. The van der Waals surface area contributed by atoms with E-state index < -0.39 is 20.2 Å². The van der Waals surface area contributed by atoms with E-state index in [9.17, 15) is 26.4 Å². The molecule has 1 rings (SSSR count). The number of carbonyl (C=O) groups is 1. The first-order chi connectivity index (χ1) is 9.57. The smallest absolute Gasteiger partial charge is 0.383 e. The molecule has 1 aromatic carbocycles. The number of nitrogens with zero attached hydrogens (tertiary/aromatic N) is 1. The molecule has 0 saturated carbocycles. The molecule has 0 atom stereocenters. The zero-order valence-corrected chi connectivity index (χ0v) is 12.3. The molecule has 1 N–H and O–H groups in total. The Kier molecular flexibility index (Phi) is 5.21. The lowest BCUT2D eigenvalue weighted by molar-refractivity contribution is -0.128. The summed E-state index contributed by atoms with van der Waals surface area (Å²) in [7, 11) is -2.34. The van der Waals surface area contributed by atoms with Gasteiger partial charge < -0.3 is 10.2 Å². The third-order valence-electron chi connectivity index (χ3n) is 2.63. The minimum absolute atomic E-state index is 0.0292. The summed E-state index contributed by atoms with van der Waals surface area (Å²) in [6.45, 7) is 0.0292. The Labute approximate surface area is 120 Å². The van der Waals surface area contributed by atoms with Crippen LogP contribution < -0.4 is 5.32 Å². The van der Waals surface area contributed by atoms with E-state index in [-0.39, 0.29) is 24.6 Å². The molecule has 0 aliphatic rings. The first-order valence-corrected chi connectivity index (χ1v) is 7.40. The van der Waals surface area contributed by atoms with Crippen LogP contribution in [0, 0.1) is 0 Å². The summed E-state index contributed by atoms with van der Waals surface area (Å²) in [4.78, 5) is 11.8.